The zero-order valence-electron chi connectivity index (χ0n) is 12.0. The van der Waals surface area contributed by atoms with Crippen molar-refractivity contribution < 1.29 is 9.53 Å². The van der Waals surface area contributed by atoms with Crippen LogP contribution in [-0.4, -0.2) is 35.7 Å². The summed E-state index contributed by atoms with van der Waals surface area (Å²) in [5, 5.41) is 6.00. The number of terminal acetylenes is 1. The molecule has 0 spiro atoms. The molecule has 2 unspecified atom stereocenters. The minimum absolute atomic E-state index is 0.0755. The zero-order chi connectivity index (χ0) is 14.0. The summed E-state index contributed by atoms with van der Waals surface area (Å²) >= 11 is 0. The van der Waals surface area contributed by atoms with Gasteiger partial charge in [-0.3, -0.25) is 4.79 Å². The number of nitrogens with one attached hydrogen (secondary N) is 2. The van der Waals surface area contributed by atoms with E-state index in [2.05, 4.69) is 30.4 Å². The molecule has 102 valence electrons. The van der Waals surface area contributed by atoms with Crippen LogP contribution in [0.3, 0.4) is 0 Å². The van der Waals surface area contributed by atoms with Crippen LogP contribution in [-0.2, 0) is 9.53 Å². The van der Waals surface area contributed by atoms with Crippen LogP contribution in [0.2, 0.25) is 0 Å². The van der Waals surface area contributed by atoms with E-state index >= 15 is 0 Å². The van der Waals surface area contributed by atoms with Crippen molar-refractivity contribution in [2.24, 2.45) is 0 Å². The molecule has 0 saturated carbocycles. The van der Waals surface area contributed by atoms with Crippen LogP contribution in [0.5, 0.6) is 0 Å². The molecule has 0 bridgehead atoms. The summed E-state index contributed by atoms with van der Waals surface area (Å²) in [5.41, 5.74) is -0.430. The molecule has 1 heterocycles. The molecule has 2 N–H and O–H groups in total. The Morgan fingerprint density at radius 3 is 2.56 bits per heavy atom. The van der Waals surface area contributed by atoms with Crippen LogP contribution in [0.4, 0.5) is 0 Å². The minimum Gasteiger partial charge on any atom is -0.368 e. The van der Waals surface area contributed by atoms with Crippen molar-refractivity contribution in [1.82, 2.24) is 10.6 Å². The fourth-order valence-electron chi connectivity index (χ4n) is 2.49. The van der Waals surface area contributed by atoms with Crippen LogP contribution < -0.4 is 10.6 Å². The van der Waals surface area contributed by atoms with Crippen LogP contribution in [0.15, 0.2) is 0 Å². The molecule has 0 aliphatic carbocycles. The van der Waals surface area contributed by atoms with Gasteiger partial charge < -0.3 is 15.4 Å². The lowest BCUT2D eigenvalue weighted by Gasteiger charge is -2.29. The molecule has 1 aliphatic heterocycles. The van der Waals surface area contributed by atoms with Crippen LogP contribution >= 0.6 is 0 Å². The molecule has 4 nitrogen and oxygen atoms in total. The second kappa shape index (κ2) is 5.29. The Kier molecular flexibility index (Phi) is 4.41. The van der Waals surface area contributed by atoms with Gasteiger partial charge in [-0.05, 0) is 41.0 Å². The van der Waals surface area contributed by atoms with Gasteiger partial charge in [0, 0.05) is 6.04 Å². The van der Waals surface area contributed by atoms with Gasteiger partial charge in [0.25, 0.3) is 0 Å². The molecule has 1 saturated heterocycles. The van der Waals surface area contributed by atoms with Crippen molar-refractivity contribution in [3.05, 3.63) is 0 Å². The highest BCUT2D eigenvalue weighted by Crippen LogP contribution is 2.37. The molecule has 1 amide bonds. The Morgan fingerprint density at radius 2 is 2.11 bits per heavy atom. The predicted molar refractivity (Wildman–Crippen MR) is 72.1 cm³/mol. The van der Waals surface area contributed by atoms with Gasteiger partial charge in [0.15, 0.2) is 0 Å². The van der Waals surface area contributed by atoms with Crippen molar-refractivity contribution in [3.8, 4) is 12.3 Å². The van der Waals surface area contributed by atoms with E-state index in [4.69, 9.17) is 11.2 Å². The summed E-state index contributed by atoms with van der Waals surface area (Å²) in [6, 6.07) is -0.126. The fourth-order valence-corrected chi connectivity index (χ4v) is 2.49. The van der Waals surface area contributed by atoms with Crippen molar-refractivity contribution in [1.29, 1.82) is 0 Å². The standard InChI is InChI=1S/C14H24N2O2/c1-7-8-15-12(17)10(2)16-11-9-13(3,4)18-14(11,5)6/h1,10-11,16H,8-9H2,2-6H3,(H,15,17). The van der Waals surface area contributed by atoms with Crippen LogP contribution in [0, 0.1) is 12.3 Å². The predicted octanol–water partition coefficient (Wildman–Crippen LogP) is 1.06. The lowest BCUT2D eigenvalue weighted by Crippen LogP contribution is -2.52. The Morgan fingerprint density at radius 1 is 1.50 bits per heavy atom. The number of ether oxygens (including phenoxy) is 1. The number of carbonyl (C=O) groups excluding carboxylic acids is 1. The molecule has 1 rings (SSSR count). The van der Waals surface area contributed by atoms with E-state index in [0.717, 1.165) is 6.42 Å². The summed E-state index contributed by atoms with van der Waals surface area (Å²) < 4.78 is 5.98. The third kappa shape index (κ3) is 3.72. The number of rotatable bonds is 4. The summed E-state index contributed by atoms with van der Waals surface area (Å²) in [6.45, 7) is 10.3. The summed E-state index contributed by atoms with van der Waals surface area (Å²) in [7, 11) is 0. The highest BCUT2D eigenvalue weighted by atomic mass is 16.5. The largest absolute Gasteiger partial charge is 0.368 e. The monoisotopic (exact) mass is 252 g/mol. The topological polar surface area (TPSA) is 50.4 Å². The SMILES string of the molecule is C#CCNC(=O)C(C)NC1CC(C)(C)OC1(C)C. The number of amides is 1. The summed E-state index contributed by atoms with van der Waals surface area (Å²) in [6.07, 6.45) is 6.00. The van der Waals surface area contributed by atoms with Gasteiger partial charge in [-0.2, -0.15) is 0 Å². The van der Waals surface area contributed by atoms with E-state index in [0.29, 0.717) is 0 Å². The molecule has 0 aromatic rings. The molecular formula is C14H24N2O2. The fraction of sp³-hybridized carbons (Fsp3) is 0.786. The Balaban J connectivity index is 2.57. The minimum atomic E-state index is -0.278. The average Bonchev–Trinajstić information content (AvgIpc) is 2.43. The second-order valence-electron chi connectivity index (χ2n) is 6.03. The molecule has 1 aliphatic rings. The van der Waals surface area contributed by atoms with Gasteiger partial charge in [0.05, 0.1) is 23.8 Å². The third-order valence-corrected chi connectivity index (χ3v) is 3.28. The maximum Gasteiger partial charge on any atom is 0.237 e. The second-order valence-corrected chi connectivity index (χ2v) is 6.03. The maximum absolute atomic E-state index is 11.8. The quantitative estimate of drug-likeness (QED) is 0.736. The van der Waals surface area contributed by atoms with E-state index in [1.54, 1.807) is 0 Å². The lowest BCUT2D eigenvalue weighted by atomic mass is 9.94. The lowest BCUT2D eigenvalue weighted by molar-refractivity contribution is -0.123. The normalized spacial score (nSPS) is 26.3. The Hall–Kier alpha value is -1.05. The van der Waals surface area contributed by atoms with Crippen molar-refractivity contribution in [2.45, 2.75) is 64.3 Å². The highest BCUT2D eigenvalue weighted by molar-refractivity contribution is 5.81. The summed E-state index contributed by atoms with van der Waals surface area (Å²) in [4.78, 5) is 11.8. The first kappa shape index (κ1) is 15.0. The van der Waals surface area contributed by atoms with Crippen LogP contribution in [0.25, 0.3) is 0 Å². The smallest absolute Gasteiger partial charge is 0.237 e. The van der Waals surface area contributed by atoms with Gasteiger partial charge in [-0.1, -0.05) is 5.92 Å². The van der Waals surface area contributed by atoms with Gasteiger partial charge >= 0.3 is 0 Å². The molecule has 0 aromatic heterocycles. The van der Waals surface area contributed by atoms with Crippen molar-refractivity contribution >= 4 is 5.91 Å². The Bertz CT molecular complexity index is 355. The van der Waals surface area contributed by atoms with Crippen LogP contribution in [0.1, 0.15) is 41.0 Å². The van der Waals surface area contributed by atoms with E-state index in [9.17, 15) is 4.79 Å². The van der Waals surface area contributed by atoms with Gasteiger partial charge in [0.2, 0.25) is 5.91 Å². The van der Waals surface area contributed by atoms with Gasteiger partial charge in [0.1, 0.15) is 0 Å². The van der Waals surface area contributed by atoms with Crippen molar-refractivity contribution in [3.63, 3.8) is 0 Å². The first-order valence-corrected chi connectivity index (χ1v) is 6.35. The third-order valence-electron chi connectivity index (χ3n) is 3.28. The summed E-state index contributed by atoms with van der Waals surface area (Å²) in [5.74, 6) is 2.32. The number of hydrogen-bond donors (Lipinski definition) is 2. The molecular weight excluding hydrogens is 228 g/mol. The first-order chi connectivity index (χ1) is 8.18. The first-order valence-electron chi connectivity index (χ1n) is 6.35. The highest BCUT2D eigenvalue weighted by Gasteiger charge is 2.46. The van der Waals surface area contributed by atoms with Crippen molar-refractivity contribution in [2.75, 3.05) is 6.54 Å². The molecule has 0 aromatic carbocycles. The number of hydrogen-bond acceptors (Lipinski definition) is 3. The molecule has 2 atom stereocenters. The molecule has 4 heteroatoms. The van der Waals surface area contributed by atoms with Gasteiger partial charge in [-0.25, -0.2) is 0 Å². The van der Waals surface area contributed by atoms with E-state index in [1.165, 1.54) is 0 Å². The van der Waals surface area contributed by atoms with E-state index < -0.39 is 0 Å². The molecule has 0 radical (unpaired) electrons. The van der Waals surface area contributed by atoms with E-state index in [-0.39, 0.29) is 35.7 Å². The number of carbonyl (C=O) groups is 1. The van der Waals surface area contributed by atoms with Gasteiger partial charge in [-0.15, -0.1) is 6.42 Å². The molecule has 1 fully saturated rings. The maximum atomic E-state index is 11.8. The molecule has 18 heavy (non-hydrogen) atoms. The zero-order valence-corrected chi connectivity index (χ0v) is 12.0. The van der Waals surface area contributed by atoms with E-state index in [1.807, 2.05) is 20.8 Å². The Labute approximate surface area is 110 Å². The average molecular weight is 252 g/mol.